The molecule has 4 nitrogen and oxygen atoms in total. The summed E-state index contributed by atoms with van der Waals surface area (Å²) in [5.74, 6) is 0. The summed E-state index contributed by atoms with van der Waals surface area (Å²) in [4.78, 5) is 0. The van der Waals surface area contributed by atoms with Crippen LogP contribution in [0.4, 0.5) is 0 Å². The molecule has 1 rings (SSSR count). The topological polar surface area (TPSA) is 48.1 Å². The number of thiol groups is 2. The van der Waals surface area contributed by atoms with Gasteiger partial charge in [0.2, 0.25) is 0 Å². The van der Waals surface area contributed by atoms with Gasteiger partial charge in [0.1, 0.15) is 0 Å². The quantitative estimate of drug-likeness (QED) is 0.304. The summed E-state index contributed by atoms with van der Waals surface area (Å²) in [6.07, 6.45) is 2.44. The Labute approximate surface area is 146 Å². The van der Waals surface area contributed by atoms with Gasteiger partial charge in [0, 0.05) is 59.7 Å². The van der Waals surface area contributed by atoms with Gasteiger partial charge in [-0.2, -0.15) is 0 Å². The van der Waals surface area contributed by atoms with Gasteiger partial charge in [-0.1, -0.05) is 0 Å². The summed E-state index contributed by atoms with van der Waals surface area (Å²) < 4.78 is 0. The summed E-state index contributed by atoms with van der Waals surface area (Å²) in [6, 6.07) is 0. The Hall–Kier alpha value is 1.55. The third-order valence-corrected chi connectivity index (χ3v) is 2.37. The minimum absolute atomic E-state index is 0. The first kappa shape index (κ1) is 27.8. The van der Waals surface area contributed by atoms with E-state index in [4.69, 9.17) is 0 Å². The largest absolute Gasteiger partial charge is 0.813 e. The van der Waals surface area contributed by atoms with Crippen LogP contribution in [-0.4, -0.2) is 52.4 Å². The van der Waals surface area contributed by atoms with E-state index < -0.39 is 0 Å². The van der Waals surface area contributed by atoms with Crippen molar-refractivity contribution in [2.75, 3.05) is 52.4 Å². The van der Waals surface area contributed by atoms with E-state index in [0.29, 0.717) is 0 Å². The van der Waals surface area contributed by atoms with Crippen molar-refractivity contribution in [3.63, 3.8) is 0 Å². The van der Waals surface area contributed by atoms with Crippen LogP contribution in [0.25, 0.3) is 0 Å². The van der Waals surface area contributed by atoms with E-state index in [1.807, 2.05) is 0 Å². The molecular weight excluding hydrogens is 358 g/mol. The molecule has 0 saturated carbocycles. The summed E-state index contributed by atoms with van der Waals surface area (Å²) in [6.45, 7) is 8.87. The molecule has 0 atom stereocenters. The Morgan fingerprint density at radius 3 is 0.833 bits per heavy atom. The average molecular weight is 384 g/mol. The predicted octanol–water partition coefficient (Wildman–Crippen LogP) is -1.41. The molecule has 2 radical (unpaired) electrons. The molecule has 8 heteroatoms. The molecular formula is C10H26Co2N4S2-2. The van der Waals surface area contributed by atoms with Gasteiger partial charge in [0.15, 0.2) is 0 Å². The third kappa shape index (κ3) is 19.9. The minimum atomic E-state index is 0. The molecule has 1 heterocycles. The first-order valence-corrected chi connectivity index (χ1v) is 5.83. The average Bonchev–Trinajstić information content (AvgIpc) is 2.22. The van der Waals surface area contributed by atoms with E-state index in [1.54, 1.807) is 0 Å². The summed E-state index contributed by atoms with van der Waals surface area (Å²) in [7, 11) is 0. The van der Waals surface area contributed by atoms with Crippen LogP contribution in [0.15, 0.2) is 0 Å². The van der Waals surface area contributed by atoms with Crippen molar-refractivity contribution in [1.29, 1.82) is 0 Å². The molecule has 0 aromatic rings. The second-order valence-corrected chi connectivity index (χ2v) is 3.71. The molecule has 0 amide bonds. The summed E-state index contributed by atoms with van der Waals surface area (Å²) in [5, 5.41) is 13.7. The maximum atomic E-state index is 3.42. The van der Waals surface area contributed by atoms with Gasteiger partial charge in [0.25, 0.3) is 0 Å². The zero-order chi connectivity index (χ0) is 9.90. The monoisotopic (exact) mass is 384 g/mol. The Morgan fingerprint density at radius 2 is 0.611 bits per heavy atom. The molecule has 1 aliphatic rings. The molecule has 1 fully saturated rings. The first-order valence-electron chi connectivity index (χ1n) is 5.83. The van der Waals surface area contributed by atoms with Crippen LogP contribution < -0.4 is 21.3 Å². The van der Waals surface area contributed by atoms with Crippen LogP contribution in [-0.2, 0) is 60.5 Å². The predicted molar refractivity (Wildman–Crippen MR) is 78.2 cm³/mol. The molecule has 1 aliphatic heterocycles. The zero-order valence-electron chi connectivity index (χ0n) is 10.6. The smallest absolute Gasteiger partial charge is 0.00767 e. The summed E-state index contributed by atoms with van der Waals surface area (Å²) in [5.41, 5.74) is 0. The second kappa shape index (κ2) is 23.6. The molecule has 4 N–H and O–H groups in total. The molecule has 18 heavy (non-hydrogen) atoms. The van der Waals surface area contributed by atoms with E-state index in [0.717, 1.165) is 52.4 Å². The van der Waals surface area contributed by atoms with Crippen LogP contribution in [0.1, 0.15) is 12.8 Å². The van der Waals surface area contributed by atoms with Crippen molar-refractivity contribution >= 4 is 27.0 Å². The molecule has 0 aliphatic carbocycles. The van der Waals surface area contributed by atoms with Crippen molar-refractivity contribution in [3.05, 3.63) is 0 Å². The van der Waals surface area contributed by atoms with Gasteiger partial charge in [-0.05, 0) is 39.0 Å². The zero-order valence-corrected chi connectivity index (χ0v) is 14.5. The molecule has 0 aromatic carbocycles. The minimum Gasteiger partial charge on any atom is -0.813 e. The normalized spacial score (nSPS) is 18.7. The number of hydrogen-bond donors (Lipinski definition) is 4. The Bertz CT molecular complexity index is 83.1. The standard InChI is InChI=1S/C10H24N4.2Co.2H2S/c1-3-11-7-9-13-5-2-6-14-10-8-12-4-1;;;;/h11-14H,1-10H2;;;2*1H2/p-2. The fraction of sp³-hybridized carbons (Fsp3) is 1.00. The Balaban J connectivity index is -0.000000245. The van der Waals surface area contributed by atoms with Crippen LogP contribution in [0, 0.1) is 0 Å². The molecule has 0 unspecified atom stereocenters. The van der Waals surface area contributed by atoms with Gasteiger partial charge >= 0.3 is 0 Å². The van der Waals surface area contributed by atoms with E-state index >= 15 is 0 Å². The molecule has 1 saturated heterocycles. The van der Waals surface area contributed by atoms with Crippen molar-refractivity contribution < 1.29 is 33.6 Å². The maximum Gasteiger partial charge on any atom is 0.00767 e. The van der Waals surface area contributed by atoms with Crippen LogP contribution in [0.2, 0.25) is 0 Å². The van der Waals surface area contributed by atoms with E-state index in [2.05, 4.69) is 21.3 Å². The van der Waals surface area contributed by atoms with Gasteiger partial charge < -0.3 is 48.3 Å². The second-order valence-electron chi connectivity index (χ2n) is 3.71. The van der Waals surface area contributed by atoms with Gasteiger partial charge in [-0.3, -0.25) is 0 Å². The fourth-order valence-electron chi connectivity index (χ4n) is 1.53. The van der Waals surface area contributed by atoms with E-state index in [-0.39, 0.29) is 60.5 Å². The number of nitrogens with one attached hydrogen (secondary N) is 4. The van der Waals surface area contributed by atoms with Crippen molar-refractivity contribution in [2.45, 2.75) is 12.8 Å². The van der Waals surface area contributed by atoms with E-state index in [1.165, 1.54) is 12.8 Å². The fourth-order valence-corrected chi connectivity index (χ4v) is 1.53. The molecule has 118 valence electrons. The van der Waals surface area contributed by atoms with Gasteiger partial charge in [-0.15, -0.1) is 0 Å². The third-order valence-electron chi connectivity index (χ3n) is 2.37. The van der Waals surface area contributed by atoms with Gasteiger partial charge in [-0.25, -0.2) is 0 Å². The van der Waals surface area contributed by atoms with Gasteiger partial charge in [0.05, 0.1) is 0 Å². The first-order chi connectivity index (χ1) is 7.00. The van der Waals surface area contributed by atoms with Crippen molar-refractivity contribution in [1.82, 2.24) is 21.3 Å². The van der Waals surface area contributed by atoms with Crippen molar-refractivity contribution in [2.24, 2.45) is 0 Å². The van der Waals surface area contributed by atoms with Crippen LogP contribution >= 0.6 is 0 Å². The van der Waals surface area contributed by atoms with Crippen molar-refractivity contribution in [3.8, 4) is 0 Å². The maximum absolute atomic E-state index is 3.42. The van der Waals surface area contributed by atoms with Crippen LogP contribution in [0.5, 0.6) is 0 Å². The molecule has 0 aromatic heterocycles. The molecule has 0 bridgehead atoms. The Morgan fingerprint density at radius 1 is 0.389 bits per heavy atom. The number of rotatable bonds is 0. The number of hydrogen-bond acceptors (Lipinski definition) is 6. The molecule has 0 spiro atoms. The summed E-state index contributed by atoms with van der Waals surface area (Å²) >= 11 is 0. The van der Waals surface area contributed by atoms with Crippen LogP contribution in [0.3, 0.4) is 0 Å². The SMILES string of the molecule is C1CNCCNCCCNCCNC1.[Co].[Co].[SH-].[SH-]. The van der Waals surface area contributed by atoms with E-state index in [9.17, 15) is 0 Å². The Kier molecular flexibility index (Phi) is 36.5.